The zero-order chi connectivity index (χ0) is 16.0. The third-order valence-electron chi connectivity index (χ3n) is 3.11. The van der Waals surface area contributed by atoms with Crippen molar-refractivity contribution in [1.29, 1.82) is 0 Å². The summed E-state index contributed by atoms with van der Waals surface area (Å²) in [5.74, 6) is -2.00. The van der Waals surface area contributed by atoms with E-state index in [0.717, 1.165) is 6.07 Å². The fourth-order valence-electron chi connectivity index (χ4n) is 1.97. The summed E-state index contributed by atoms with van der Waals surface area (Å²) in [5, 5.41) is 20.3. The Balaban J connectivity index is 3.30. The van der Waals surface area contributed by atoms with Crippen molar-refractivity contribution < 1.29 is 24.4 Å². The van der Waals surface area contributed by atoms with Crippen LogP contribution in [-0.4, -0.2) is 22.0 Å². The summed E-state index contributed by atoms with van der Waals surface area (Å²) in [5.41, 5.74) is -2.08. The molecule has 0 bridgehead atoms. The van der Waals surface area contributed by atoms with Crippen LogP contribution in [0.3, 0.4) is 0 Å². The summed E-state index contributed by atoms with van der Waals surface area (Å²) in [6.07, 6.45) is 0.579. The zero-order valence-electron chi connectivity index (χ0n) is 11.9. The molecule has 0 aliphatic heterocycles. The number of rotatable bonds is 7. The summed E-state index contributed by atoms with van der Waals surface area (Å²) in [4.78, 5) is 33.5. The van der Waals surface area contributed by atoms with Crippen LogP contribution < -0.4 is 0 Å². The number of benzene rings is 1. The summed E-state index contributed by atoms with van der Waals surface area (Å²) >= 11 is 0. The van der Waals surface area contributed by atoms with E-state index in [1.165, 1.54) is 18.2 Å². The highest BCUT2D eigenvalue weighted by Gasteiger charge is 2.43. The van der Waals surface area contributed by atoms with E-state index in [1.54, 1.807) is 13.8 Å². The highest BCUT2D eigenvalue weighted by molar-refractivity contribution is 5.83. The van der Waals surface area contributed by atoms with E-state index in [0.29, 0.717) is 6.42 Å². The van der Waals surface area contributed by atoms with Crippen LogP contribution in [0.1, 0.15) is 38.7 Å². The normalized spacial score (nSPS) is 13.2. The number of carbonyl (C=O) groups excluding carboxylic acids is 1. The standard InChI is InChI=1S/C14H17NO6/c1-3-6-12(16)21-14(4-2,13(17)18)10-7-5-8-11(9-10)15(19)20/h5,7-9H,3-4,6H2,1-2H3,(H,17,18). The third-order valence-corrected chi connectivity index (χ3v) is 3.11. The van der Waals surface area contributed by atoms with Gasteiger partial charge in [-0.25, -0.2) is 4.79 Å². The number of non-ortho nitro benzene ring substituents is 1. The maximum absolute atomic E-state index is 11.7. The maximum Gasteiger partial charge on any atom is 0.352 e. The lowest BCUT2D eigenvalue weighted by Gasteiger charge is -2.28. The van der Waals surface area contributed by atoms with Crippen molar-refractivity contribution in [2.45, 2.75) is 38.7 Å². The van der Waals surface area contributed by atoms with E-state index in [9.17, 15) is 24.8 Å². The molecule has 7 nitrogen and oxygen atoms in total. The Morgan fingerprint density at radius 1 is 1.38 bits per heavy atom. The molecule has 0 aromatic heterocycles. The van der Waals surface area contributed by atoms with Crippen molar-refractivity contribution in [3.05, 3.63) is 39.9 Å². The molecule has 0 aliphatic carbocycles. The van der Waals surface area contributed by atoms with Crippen LogP contribution in [0.5, 0.6) is 0 Å². The largest absolute Gasteiger partial charge is 0.478 e. The Morgan fingerprint density at radius 2 is 2.05 bits per heavy atom. The molecule has 1 unspecified atom stereocenters. The second kappa shape index (κ2) is 6.83. The Hall–Kier alpha value is -2.44. The van der Waals surface area contributed by atoms with Gasteiger partial charge in [0.2, 0.25) is 5.60 Å². The molecule has 1 rings (SSSR count). The number of carboxylic acids is 1. The molecular weight excluding hydrogens is 278 g/mol. The minimum absolute atomic E-state index is 0.0288. The van der Waals surface area contributed by atoms with Crippen LogP contribution in [-0.2, 0) is 19.9 Å². The number of hydrogen-bond acceptors (Lipinski definition) is 5. The molecule has 1 aromatic carbocycles. The van der Waals surface area contributed by atoms with Gasteiger partial charge in [-0.15, -0.1) is 0 Å². The van der Waals surface area contributed by atoms with Gasteiger partial charge in [0.1, 0.15) is 0 Å². The third kappa shape index (κ3) is 3.56. The van der Waals surface area contributed by atoms with Crippen LogP contribution >= 0.6 is 0 Å². The van der Waals surface area contributed by atoms with E-state index in [2.05, 4.69) is 0 Å². The van der Waals surface area contributed by atoms with E-state index in [1.807, 2.05) is 0 Å². The summed E-state index contributed by atoms with van der Waals surface area (Å²) in [7, 11) is 0. The average Bonchev–Trinajstić information content (AvgIpc) is 2.44. The summed E-state index contributed by atoms with van der Waals surface area (Å²) in [6.45, 7) is 3.31. The number of hydrogen-bond donors (Lipinski definition) is 1. The van der Waals surface area contributed by atoms with Gasteiger partial charge < -0.3 is 9.84 Å². The first kappa shape index (κ1) is 16.6. The minimum atomic E-state index is -1.90. The molecule has 0 saturated heterocycles. The number of carbonyl (C=O) groups is 2. The summed E-state index contributed by atoms with van der Waals surface area (Å²) < 4.78 is 5.15. The molecule has 0 spiro atoms. The molecule has 1 N–H and O–H groups in total. The second-order valence-corrected chi connectivity index (χ2v) is 4.52. The lowest BCUT2D eigenvalue weighted by atomic mass is 9.90. The lowest BCUT2D eigenvalue weighted by molar-refractivity contribution is -0.385. The number of carboxylic acid groups (broad SMARTS) is 1. The lowest BCUT2D eigenvalue weighted by Crippen LogP contribution is -2.40. The van der Waals surface area contributed by atoms with Crippen molar-refractivity contribution in [3.8, 4) is 0 Å². The monoisotopic (exact) mass is 295 g/mol. The molecule has 114 valence electrons. The van der Waals surface area contributed by atoms with Crippen molar-refractivity contribution in [2.24, 2.45) is 0 Å². The SMILES string of the molecule is CCCC(=O)OC(CC)(C(=O)O)c1cccc([N+](=O)[O-])c1. The predicted molar refractivity (Wildman–Crippen MR) is 73.7 cm³/mol. The Labute approximate surface area is 121 Å². The van der Waals surface area contributed by atoms with E-state index in [4.69, 9.17) is 4.74 Å². The number of nitro benzene ring substituents is 1. The fraction of sp³-hybridized carbons (Fsp3) is 0.429. The topological polar surface area (TPSA) is 107 Å². The minimum Gasteiger partial charge on any atom is -0.478 e. The van der Waals surface area contributed by atoms with Crippen molar-refractivity contribution in [1.82, 2.24) is 0 Å². The number of nitrogens with zero attached hydrogens (tertiary/aromatic N) is 1. The van der Waals surface area contributed by atoms with Gasteiger partial charge in [-0.2, -0.15) is 0 Å². The van der Waals surface area contributed by atoms with Crippen molar-refractivity contribution in [2.75, 3.05) is 0 Å². The highest BCUT2D eigenvalue weighted by atomic mass is 16.6. The van der Waals surface area contributed by atoms with Gasteiger partial charge in [0, 0.05) is 24.1 Å². The van der Waals surface area contributed by atoms with Crippen LogP contribution in [0.25, 0.3) is 0 Å². The van der Waals surface area contributed by atoms with Crippen molar-refractivity contribution in [3.63, 3.8) is 0 Å². The van der Waals surface area contributed by atoms with Crippen LogP contribution in [0, 0.1) is 10.1 Å². The van der Waals surface area contributed by atoms with Crippen molar-refractivity contribution >= 4 is 17.6 Å². The molecule has 21 heavy (non-hydrogen) atoms. The quantitative estimate of drug-likeness (QED) is 0.470. The van der Waals surface area contributed by atoms with Gasteiger partial charge in [-0.3, -0.25) is 14.9 Å². The smallest absolute Gasteiger partial charge is 0.352 e. The second-order valence-electron chi connectivity index (χ2n) is 4.52. The molecule has 0 heterocycles. The molecule has 7 heteroatoms. The Kier molecular flexibility index (Phi) is 5.40. The number of aliphatic carboxylic acids is 1. The molecule has 0 fully saturated rings. The van der Waals surface area contributed by atoms with E-state index >= 15 is 0 Å². The van der Waals surface area contributed by atoms with Gasteiger partial charge >= 0.3 is 11.9 Å². The number of nitro groups is 1. The first-order valence-electron chi connectivity index (χ1n) is 6.57. The molecule has 0 radical (unpaired) electrons. The Bertz CT molecular complexity index is 556. The highest BCUT2D eigenvalue weighted by Crippen LogP contribution is 2.32. The number of esters is 1. The van der Waals surface area contributed by atoms with Gasteiger partial charge in [-0.1, -0.05) is 26.0 Å². The molecule has 0 aliphatic rings. The summed E-state index contributed by atoms with van der Waals surface area (Å²) in [6, 6.07) is 5.15. The van der Waals surface area contributed by atoms with Crippen LogP contribution in [0.15, 0.2) is 24.3 Å². The zero-order valence-corrected chi connectivity index (χ0v) is 11.9. The molecule has 0 amide bonds. The molecule has 0 saturated carbocycles. The van der Waals surface area contributed by atoms with Gasteiger partial charge in [0.05, 0.1) is 4.92 Å². The molecule has 1 aromatic rings. The molecular formula is C14H17NO6. The number of ether oxygens (including phenoxy) is 1. The van der Waals surface area contributed by atoms with Crippen LogP contribution in [0.4, 0.5) is 5.69 Å². The van der Waals surface area contributed by atoms with Gasteiger partial charge in [0.15, 0.2) is 0 Å². The van der Waals surface area contributed by atoms with Crippen LogP contribution in [0.2, 0.25) is 0 Å². The van der Waals surface area contributed by atoms with Gasteiger partial charge in [0.25, 0.3) is 5.69 Å². The maximum atomic E-state index is 11.7. The van der Waals surface area contributed by atoms with E-state index in [-0.39, 0.29) is 24.1 Å². The fourth-order valence-corrected chi connectivity index (χ4v) is 1.97. The first-order chi connectivity index (χ1) is 9.87. The predicted octanol–water partition coefficient (Wildman–Crippen LogP) is 2.63. The van der Waals surface area contributed by atoms with E-state index < -0.39 is 22.5 Å². The Morgan fingerprint density at radius 3 is 2.52 bits per heavy atom. The average molecular weight is 295 g/mol. The molecule has 1 atom stereocenters. The van der Waals surface area contributed by atoms with Gasteiger partial charge in [-0.05, 0) is 12.8 Å². The first-order valence-corrected chi connectivity index (χ1v) is 6.57.